The standard InChI is InChI=1S/C18H27NOS/c1-17(19,13-15-5-3-2-4-6-15)16-7-10-20-18(14-16)8-11-21-12-9-18/h2-6,16H,7-14,19H2,1H3. The molecule has 2 fully saturated rings. The summed E-state index contributed by atoms with van der Waals surface area (Å²) in [6.07, 6.45) is 5.62. The lowest BCUT2D eigenvalue weighted by atomic mass is 9.71. The average Bonchev–Trinajstić information content (AvgIpc) is 2.49. The number of rotatable bonds is 3. The topological polar surface area (TPSA) is 35.2 Å². The molecule has 1 aromatic rings. The van der Waals surface area contributed by atoms with Crippen molar-refractivity contribution in [1.29, 1.82) is 0 Å². The Balaban J connectivity index is 1.69. The van der Waals surface area contributed by atoms with Crippen LogP contribution >= 0.6 is 11.8 Å². The van der Waals surface area contributed by atoms with Gasteiger partial charge in [-0.05, 0) is 62.0 Å². The van der Waals surface area contributed by atoms with Crippen molar-refractivity contribution in [3.8, 4) is 0 Å². The number of ether oxygens (including phenoxy) is 1. The molecule has 2 aliphatic heterocycles. The molecule has 2 heterocycles. The maximum absolute atomic E-state index is 6.75. The Morgan fingerprint density at radius 1 is 1.29 bits per heavy atom. The van der Waals surface area contributed by atoms with Gasteiger partial charge in [-0.15, -0.1) is 0 Å². The Morgan fingerprint density at radius 3 is 2.71 bits per heavy atom. The van der Waals surface area contributed by atoms with Gasteiger partial charge in [0.15, 0.2) is 0 Å². The van der Waals surface area contributed by atoms with Gasteiger partial charge in [0, 0.05) is 12.1 Å². The summed E-state index contributed by atoms with van der Waals surface area (Å²) in [6, 6.07) is 10.7. The Labute approximate surface area is 132 Å². The van der Waals surface area contributed by atoms with E-state index >= 15 is 0 Å². The van der Waals surface area contributed by atoms with Crippen LogP contribution in [0.3, 0.4) is 0 Å². The van der Waals surface area contributed by atoms with E-state index in [4.69, 9.17) is 10.5 Å². The minimum atomic E-state index is -0.136. The van der Waals surface area contributed by atoms with E-state index in [1.165, 1.54) is 29.9 Å². The fourth-order valence-corrected chi connectivity index (χ4v) is 5.10. The molecule has 0 saturated carbocycles. The largest absolute Gasteiger partial charge is 0.375 e. The number of nitrogens with two attached hydrogens (primary N) is 1. The smallest absolute Gasteiger partial charge is 0.0701 e. The molecule has 2 saturated heterocycles. The highest BCUT2D eigenvalue weighted by Gasteiger charge is 2.43. The summed E-state index contributed by atoms with van der Waals surface area (Å²) in [5, 5.41) is 0. The van der Waals surface area contributed by atoms with Crippen LogP contribution in [0.4, 0.5) is 0 Å². The van der Waals surface area contributed by atoms with Crippen LogP contribution in [0, 0.1) is 5.92 Å². The lowest BCUT2D eigenvalue weighted by Gasteiger charge is -2.48. The Morgan fingerprint density at radius 2 is 2.00 bits per heavy atom. The monoisotopic (exact) mass is 305 g/mol. The molecule has 1 spiro atoms. The maximum atomic E-state index is 6.75. The highest BCUT2D eigenvalue weighted by molar-refractivity contribution is 7.99. The highest BCUT2D eigenvalue weighted by atomic mass is 32.2. The van der Waals surface area contributed by atoms with E-state index in [0.29, 0.717) is 5.92 Å². The van der Waals surface area contributed by atoms with Crippen molar-refractivity contribution in [2.45, 2.75) is 50.2 Å². The summed E-state index contributed by atoms with van der Waals surface area (Å²) in [7, 11) is 0. The van der Waals surface area contributed by atoms with Crippen LogP contribution in [0.5, 0.6) is 0 Å². The molecule has 21 heavy (non-hydrogen) atoms. The zero-order valence-corrected chi connectivity index (χ0v) is 13.8. The van der Waals surface area contributed by atoms with Crippen LogP contribution in [0.2, 0.25) is 0 Å². The van der Waals surface area contributed by atoms with Gasteiger partial charge in [-0.3, -0.25) is 0 Å². The number of benzene rings is 1. The fraction of sp³-hybridized carbons (Fsp3) is 0.667. The van der Waals surface area contributed by atoms with Crippen LogP contribution in [-0.4, -0.2) is 29.3 Å². The second-order valence-electron chi connectivity index (χ2n) is 7.00. The first-order valence-corrected chi connectivity index (χ1v) is 9.30. The fourth-order valence-electron chi connectivity index (χ4n) is 3.86. The number of hydrogen-bond acceptors (Lipinski definition) is 3. The van der Waals surface area contributed by atoms with Crippen LogP contribution in [-0.2, 0) is 11.2 Å². The van der Waals surface area contributed by atoms with Gasteiger partial charge in [0.2, 0.25) is 0 Å². The van der Waals surface area contributed by atoms with Crippen molar-refractivity contribution >= 4 is 11.8 Å². The normalized spacial score (nSPS) is 28.2. The van der Waals surface area contributed by atoms with Crippen LogP contribution in [0.1, 0.15) is 38.2 Å². The first-order chi connectivity index (χ1) is 10.1. The summed E-state index contributed by atoms with van der Waals surface area (Å²) < 4.78 is 6.21. The molecule has 2 N–H and O–H groups in total. The van der Waals surface area contributed by atoms with Crippen LogP contribution < -0.4 is 5.73 Å². The highest BCUT2D eigenvalue weighted by Crippen LogP contribution is 2.43. The summed E-state index contributed by atoms with van der Waals surface area (Å²) in [5.74, 6) is 3.05. The molecule has 2 atom stereocenters. The Bertz CT molecular complexity index is 448. The van der Waals surface area contributed by atoms with Gasteiger partial charge < -0.3 is 10.5 Å². The molecule has 1 aromatic carbocycles. The quantitative estimate of drug-likeness (QED) is 0.926. The molecule has 0 bridgehead atoms. The van der Waals surface area contributed by atoms with Crippen molar-refractivity contribution in [1.82, 2.24) is 0 Å². The molecule has 116 valence electrons. The van der Waals surface area contributed by atoms with Crippen molar-refractivity contribution in [3.63, 3.8) is 0 Å². The first kappa shape index (κ1) is 15.4. The van der Waals surface area contributed by atoms with Crippen molar-refractivity contribution in [3.05, 3.63) is 35.9 Å². The van der Waals surface area contributed by atoms with Crippen LogP contribution in [0.25, 0.3) is 0 Å². The van der Waals surface area contributed by atoms with Crippen LogP contribution in [0.15, 0.2) is 30.3 Å². The zero-order chi connectivity index (χ0) is 14.8. The van der Waals surface area contributed by atoms with Crippen molar-refractivity contribution in [2.75, 3.05) is 18.1 Å². The summed E-state index contributed by atoms with van der Waals surface area (Å²) in [5.41, 5.74) is 8.10. The SMILES string of the molecule is CC(N)(Cc1ccccc1)C1CCOC2(CCSCC2)C1. The van der Waals surface area contributed by atoms with E-state index < -0.39 is 0 Å². The third-order valence-electron chi connectivity index (χ3n) is 5.26. The second kappa shape index (κ2) is 6.31. The predicted octanol–water partition coefficient (Wildman–Crippen LogP) is 3.64. The van der Waals surface area contributed by atoms with Gasteiger partial charge in [0.1, 0.15) is 0 Å². The minimum Gasteiger partial charge on any atom is -0.375 e. The number of hydrogen-bond donors (Lipinski definition) is 1. The molecule has 0 aliphatic carbocycles. The van der Waals surface area contributed by atoms with Crippen molar-refractivity contribution in [2.24, 2.45) is 11.7 Å². The molecule has 2 aliphatic rings. The molecule has 3 heteroatoms. The van der Waals surface area contributed by atoms with Gasteiger partial charge in [-0.2, -0.15) is 11.8 Å². The van der Waals surface area contributed by atoms with E-state index in [2.05, 4.69) is 49.0 Å². The molecule has 3 rings (SSSR count). The molecule has 0 aromatic heterocycles. The lowest BCUT2D eigenvalue weighted by Crippen LogP contribution is -2.53. The molecular weight excluding hydrogens is 278 g/mol. The third kappa shape index (κ3) is 3.64. The van der Waals surface area contributed by atoms with Gasteiger partial charge in [-0.1, -0.05) is 30.3 Å². The van der Waals surface area contributed by atoms with E-state index in [0.717, 1.165) is 25.9 Å². The van der Waals surface area contributed by atoms with Crippen molar-refractivity contribution < 1.29 is 4.74 Å². The maximum Gasteiger partial charge on any atom is 0.0701 e. The second-order valence-corrected chi connectivity index (χ2v) is 8.23. The average molecular weight is 305 g/mol. The minimum absolute atomic E-state index is 0.130. The van der Waals surface area contributed by atoms with E-state index in [-0.39, 0.29) is 11.1 Å². The third-order valence-corrected chi connectivity index (χ3v) is 6.24. The van der Waals surface area contributed by atoms with Gasteiger partial charge in [0.05, 0.1) is 5.60 Å². The van der Waals surface area contributed by atoms with E-state index in [1.54, 1.807) is 0 Å². The molecule has 2 unspecified atom stereocenters. The Hall–Kier alpha value is -0.510. The summed E-state index contributed by atoms with van der Waals surface area (Å²) in [4.78, 5) is 0. The van der Waals surface area contributed by atoms with Gasteiger partial charge in [0.25, 0.3) is 0 Å². The summed E-state index contributed by atoms with van der Waals surface area (Å²) in [6.45, 7) is 3.12. The van der Waals surface area contributed by atoms with Gasteiger partial charge in [-0.25, -0.2) is 0 Å². The van der Waals surface area contributed by atoms with E-state index in [9.17, 15) is 0 Å². The van der Waals surface area contributed by atoms with Gasteiger partial charge >= 0.3 is 0 Å². The van der Waals surface area contributed by atoms with E-state index in [1.807, 2.05) is 0 Å². The first-order valence-electron chi connectivity index (χ1n) is 8.14. The molecule has 0 radical (unpaired) electrons. The Kier molecular flexibility index (Phi) is 4.63. The zero-order valence-electron chi connectivity index (χ0n) is 13.0. The number of thioether (sulfide) groups is 1. The molecule has 0 amide bonds. The predicted molar refractivity (Wildman–Crippen MR) is 90.7 cm³/mol. The molecule has 2 nitrogen and oxygen atoms in total. The molecular formula is C18H27NOS. The lowest BCUT2D eigenvalue weighted by molar-refractivity contribution is -0.112. The summed E-state index contributed by atoms with van der Waals surface area (Å²) >= 11 is 2.06.